The fraction of sp³-hybridized carbons (Fsp3) is 0.526. The first-order chi connectivity index (χ1) is 13.5. The van der Waals surface area contributed by atoms with Gasteiger partial charge in [-0.05, 0) is 25.3 Å². The highest BCUT2D eigenvalue weighted by atomic mass is 19.4. The average molecular weight is 393 g/mol. The van der Waals surface area contributed by atoms with Crippen molar-refractivity contribution in [3.05, 3.63) is 36.3 Å². The molecule has 0 aliphatic carbocycles. The van der Waals surface area contributed by atoms with Gasteiger partial charge in [0.2, 0.25) is 5.88 Å². The molecule has 4 heterocycles. The first kappa shape index (κ1) is 18.8. The summed E-state index contributed by atoms with van der Waals surface area (Å²) in [5, 5.41) is 0. The molecule has 150 valence electrons. The van der Waals surface area contributed by atoms with Crippen molar-refractivity contribution in [2.75, 3.05) is 36.0 Å². The second kappa shape index (κ2) is 7.81. The van der Waals surface area contributed by atoms with Gasteiger partial charge in [0.1, 0.15) is 24.1 Å². The lowest BCUT2D eigenvalue weighted by molar-refractivity contribution is -0.137. The van der Waals surface area contributed by atoms with Gasteiger partial charge in [0.15, 0.2) is 0 Å². The Morgan fingerprint density at radius 1 is 0.929 bits per heavy atom. The van der Waals surface area contributed by atoms with Crippen molar-refractivity contribution >= 4 is 11.6 Å². The summed E-state index contributed by atoms with van der Waals surface area (Å²) in [5.74, 6) is 2.00. The number of ether oxygens (including phenoxy) is 1. The number of hydrogen-bond donors (Lipinski definition) is 0. The van der Waals surface area contributed by atoms with Crippen molar-refractivity contribution in [1.82, 2.24) is 15.0 Å². The maximum Gasteiger partial charge on any atom is 0.417 e. The minimum Gasteiger partial charge on any atom is -0.472 e. The van der Waals surface area contributed by atoms with Crippen LogP contribution in [0.1, 0.15) is 31.2 Å². The van der Waals surface area contributed by atoms with Crippen LogP contribution in [0.15, 0.2) is 30.7 Å². The molecule has 0 bridgehead atoms. The summed E-state index contributed by atoms with van der Waals surface area (Å²) in [4.78, 5) is 17.0. The molecular formula is C19H22F3N5O. The molecule has 6 nitrogen and oxygen atoms in total. The number of piperidine rings is 1. The molecule has 9 heteroatoms. The molecule has 0 amide bonds. The summed E-state index contributed by atoms with van der Waals surface area (Å²) in [7, 11) is 0. The molecular weight excluding hydrogens is 371 g/mol. The van der Waals surface area contributed by atoms with Crippen molar-refractivity contribution < 1.29 is 17.9 Å². The zero-order valence-corrected chi connectivity index (χ0v) is 15.4. The highest BCUT2D eigenvalue weighted by Crippen LogP contribution is 2.30. The number of pyridine rings is 1. The molecule has 0 N–H and O–H groups in total. The SMILES string of the molecule is FC(F)(F)c1ccc(OC2CCN(c3cc(N4CCCCC4)ncn3)C2)nc1. The highest BCUT2D eigenvalue weighted by molar-refractivity contribution is 5.51. The van der Waals surface area contributed by atoms with Gasteiger partial charge in [-0.3, -0.25) is 0 Å². The van der Waals surface area contributed by atoms with E-state index in [-0.39, 0.29) is 12.0 Å². The second-order valence-electron chi connectivity index (χ2n) is 7.14. The van der Waals surface area contributed by atoms with E-state index in [9.17, 15) is 13.2 Å². The molecule has 0 saturated carbocycles. The lowest BCUT2D eigenvalue weighted by Crippen LogP contribution is -2.31. The number of nitrogens with zero attached hydrogens (tertiary/aromatic N) is 5. The third-order valence-electron chi connectivity index (χ3n) is 5.14. The molecule has 2 aromatic heterocycles. The van der Waals surface area contributed by atoms with Gasteiger partial charge >= 0.3 is 6.18 Å². The third kappa shape index (κ3) is 4.28. The van der Waals surface area contributed by atoms with Gasteiger partial charge in [0.05, 0.1) is 12.1 Å². The summed E-state index contributed by atoms with van der Waals surface area (Å²) in [6, 6.07) is 4.26. The van der Waals surface area contributed by atoms with Crippen molar-refractivity contribution in [2.24, 2.45) is 0 Å². The van der Waals surface area contributed by atoms with E-state index >= 15 is 0 Å². The van der Waals surface area contributed by atoms with Crippen LogP contribution < -0.4 is 14.5 Å². The van der Waals surface area contributed by atoms with Gasteiger partial charge < -0.3 is 14.5 Å². The molecule has 28 heavy (non-hydrogen) atoms. The number of rotatable bonds is 4. The largest absolute Gasteiger partial charge is 0.472 e. The van der Waals surface area contributed by atoms with Crippen LogP contribution in [-0.4, -0.2) is 47.2 Å². The first-order valence-electron chi connectivity index (χ1n) is 9.51. The molecule has 0 spiro atoms. The van der Waals surface area contributed by atoms with Gasteiger partial charge in [-0.1, -0.05) is 0 Å². The Labute approximate surface area is 161 Å². The van der Waals surface area contributed by atoms with Crippen molar-refractivity contribution in [2.45, 2.75) is 38.0 Å². The van der Waals surface area contributed by atoms with Crippen LogP contribution in [0.3, 0.4) is 0 Å². The molecule has 2 saturated heterocycles. The van der Waals surface area contributed by atoms with E-state index in [1.807, 2.05) is 6.07 Å². The van der Waals surface area contributed by atoms with Gasteiger partial charge in [0.25, 0.3) is 0 Å². The quantitative estimate of drug-likeness (QED) is 0.792. The molecule has 2 fully saturated rings. The van der Waals surface area contributed by atoms with Gasteiger partial charge in [-0.25, -0.2) is 15.0 Å². The minimum atomic E-state index is -4.39. The van der Waals surface area contributed by atoms with Crippen LogP contribution in [0.2, 0.25) is 0 Å². The Balaban J connectivity index is 1.37. The van der Waals surface area contributed by atoms with Crippen molar-refractivity contribution in [3.8, 4) is 5.88 Å². The highest BCUT2D eigenvalue weighted by Gasteiger charge is 2.31. The van der Waals surface area contributed by atoms with E-state index in [0.29, 0.717) is 6.54 Å². The van der Waals surface area contributed by atoms with Crippen molar-refractivity contribution in [1.29, 1.82) is 0 Å². The standard InChI is InChI=1S/C19H22F3N5O/c20-19(21,22)14-4-5-18(23-11-14)28-15-6-9-27(12-15)17-10-16(24-13-25-17)26-7-2-1-3-8-26/h4-5,10-11,13,15H,1-3,6-9,12H2. The molecule has 2 aliphatic rings. The maximum absolute atomic E-state index is 12.6. The lowest BCUT2D eigenvalue weighted by atomic mass is 10.1. The number of alkyl halides is 3. The van der Waals surface area contributed by atoms with E-state index in [1.54, 1.807) is 6.33 Å². The molecule has 0 aromatic carbocycles. The number of aromatic nitrogens is 3. The van der Waals surface area contributed by atoms with E-state index in [2.05, 4.69) is 24.8 Å². The van der Waals surface area contributed by atoms with Gasteiger partial charge in [-0.2, -0.15) is 13.2 Å². The normalized spacial score (nSPS) is 20.5. The lowest BCUT2D eigenvalue weighted by Gasteiger charge is -2.28. The van der Waals surface area contributed by atoms with E-state index in [4.69, 9.17) is 4.74 Å². The molecule has 2 aromatic rings. The topological polar surface area (TPSA) is 54.4 Å². The number of hydrogen-bond acceptors (Lipinski definition) is 6. The van der Waals surface area contributed by atoms with E-state index < -0.39 is 11.7 Å². The van der Waals surface area contributed by atoms with E-state index in [0.717, 1.165) is 50.0 Å². The molecule has 1 atom stereocenters. The van der Waals surface area contributed by atoms with Crippen LogP contribution in [0.4, 0.5) is 24.8 Å². The monoisotopic (exact) mass is 393 g/mol. The summed E-state index contributed by atoms with van der Waals surface area (Å²) in [5.41, 5.74) is -0.779. The Bertz CT molecular complexity index is 793. The van der Waals surface area contributed by atoms with Crippen LogP contribution in [0.25, 0.3) is 0 Å². The predicted octanol–water partition coefficient (Wildman–Crippen LogP) is 3.54. The predicted molar refractivity (Wildman–Crippen MR) is 98.6 cm³/mol. The summed E-state index contributed by atoms with van der Waals surface area (Å²) in [6.45, 7) is 3.41. The van der Waals surface area contributed by atoms with Crippen LogP contribution >= 0.6 is 0 Å². The van der Waals surface area contributed by atoms with E-state index in [1.165, 1.54) is 25.3 Å². The Kier molecular flexibility index (Phi) is 5.23. The number of halogens is 3. The third-order valence-corrected chi connectivity index (χ3v) is 5.14. The Morgan fingerprint density at radius 2 is 1.68 bits per heavy atom. The smallest absolute Gasteiger partial charge is 0.417 e. The summed E-state index contributed by atoms with van der Waals surface area (Å²) in [6.07, 6.45) is 2.23. The molecule has 4 rings (SSSR count). The maximum atomic E-state index is 12.6. The first-order valence-corrected chi connectivity index (χ1v) is 9.51. The van der Waals surface area contributed by atoms with Crippen LogP contribution in [0, 0.1) is 0 Å². The fourth-order valence-corrected chi connectivity index (χ4v) is 3.63. The van der Waals surface area contributed by atoms with Crippen molar-refractivity contribution in [3.63, 3.8) is 0 Å². The number of anilines is 2. The molecule has 0 radical (unpaired) electrons. The Hall–Kier alpha value is -2.58. The zero-order valence-electron chi connectivity index (χ0n) is 15.4. The van der Waals surface area contributed by atoms with Crippen LogP contribution in [-0.2, 0) is 6.18 Å². The zero-order chi connectivity index (χ0) is 19.6. The fourth-order valence-electron chi connectivity index (χ4n) is 3.63. The summed E-state index contributed by atoms with van der Waals surface area (Å²) >= 11 is 0. The Morgan fingerprint density at radius 3 is 2.36 bits per heavy atom. The molecule has 1 unspecified atom stereocenters. The van der Waals surface area contributed by atoms with Crippen LogP contribution in [0.5, 0.6) is 5.88 Å². The van der Waals surface area contributed by atoms with Gasteiger partial charge in [-0.15, -0.1) is 0 Å². The molecule has 2 aliphatic heterocycles. The minimum absolute atomic E-state index is 0.141. The van der Waals surface area contributed by atoms with Gasteiger partial charge in [0, 0.05) is 44.4 Å². The summed E-state index contributed by atoms with van der Waals surface area (Å²) < 4.78 is 43.6. The average Bonchev–Trinajstić information content (AvgIpc) is 3.17. The second-order valence-corrected chi connectivity index (χ2v) is 7.14.